The number of thiophene rings is 1. The normalized spacial score (nSPS) is 18.7. The SMILES string of the molecule is CCNCC1CCN(Cc2ccc(C)s2)CC1. The molecule has 1 aromatic heterocycles. The van der Waals surface area contributed by atoms with Crippen LogP contribution in [0.5, 0.6) is 0 Å². The maximum absolute atomic E-state index is 3.47. The summed E-state index contributed by atoms with van der Waals surface area (Å²) in [4.78, 5) is 5.56. The van der Waals surface area contributed by atoms with E-state index in [0.29, 0.717) is 0 Å². The predicted octanol–water partition coefficient (Wildman–Crippen LogP) is 2.88. The molecular weight excluding hydrogens is 228 g/mol. The molecule has 0 aliphatic carbocycles. The van der Waals surface area contributed by atoms with Crippen LogP contribution in [0.1, 0.15) is 29.5 Å². The molecule has 0 unspecified atom stereocenters. The van der Waals surface area contributed by atoms with E-state index in [0.717, 1.165) is 19.0 Å². The van der Waals surface area contributed by atoms with Gasteiger partial charge in [-0.1, -0.05) is 6.92 Å². The van der Waals surface area contributed by atoms with Gasteiger partial charge in [0.25, 0.3) is 0 Å². The van der Waals surface area contributed by atoms with Crippen LogP contribution in [0.2, 0.25) is 0 Å². The minimum absolute atomic E-state index is 0.899. The van der Waals surface area contributed by atoms with E-state index in [2.05, 4.69) is 36.2 Å². The van der Waals surface area contributed by atoms with E-state index in [-0.39, 0.29) is 0 Å². The van der Waals surface area contributed by atoms with Gasteiger partial charge in [0.15, 0.2) is 0 Å². The second-order valence-electron chi connectivity index (χ2n) is 5.04. The second-order valence-corrected chi connectivity index (χ2v) is 6.41. The first-order valence-corrected chi connectivity index (χ1v) is 7.58. The van der Waals surface area contributed by atoms with Crippen molar-refractivity contribution >= 4 is 11.3 Å². The van der Waals surface area contributed by atoms with Crippen LogP contribution in [0.4, 0.5) is 0 Å². The maximum atomic E-state index is 3.47. The number of hydrogen-bond acceptors (Lipinski definition) is 3. The Kier molecular flexibility index (Phi) is 5.01. The van der Waals surface area contributed by atoms with Crippen molar-refractivity contribution in [3.8, 4) is 0 Å². The number of piperidine rings is 1. The molecule has 1 aliphatic heterocycles. The van der Waals surface area contributed by atoms with Gasteiger partial charge >= 0.3 is 0 Å². The molecule has 2 heterocycles. The molecule has 0 saturated carbocycles. The molecule has 3 heteroatoms. The van der Waals surface area contributed by atoms with Gasteiger partial charge in [-0.05, 0) is 64.0 Å². The van der Waals surface area contributed by atoms with Crippen molar-refractivity contribution in [1.82, 2.24) is 10.2 Å². The summed E-state index contributed by atoms with van der Waals surface area (Å²) in [7, 11) is 0. The van der Waals surface area contributed by atoms with Crippen LogP contribution in [0, 0.1) is 12.8 Å². The standard InChI is InChI=1S/C14H24N2S/c1-3-15-10-13-6-8-16(9-7-13)11-14-5-4-12(2)17-14/h4-5,13,15H,3,6-11H2,1-2H3. The van der Waals surface area contributed by atoms with Crippen molar-refractivity contribution in [2.24, 2.45) is 5.92 Å². The van der Waals surface area contributed by atoms with Crippen LogP contribution in [-0.2, 0) is 6.54 Å². The van der Waals surface area contributed by atoms with E-state index in [1.54, 1.807) is 0 Å². The van der Waals surface area contributed by atoms with E-state index in [1.807, 2.05) is 11.3 Å². The molecule has 2 rings (SSSR count). The molecule has 1 saturated heterocycles. The van der Waals surface area contributed by atoms with Crippen molar-refractivity contribution < 1.29 is 0 Å². The first-order valence-electron chi connectivity index (χ1n) is 6.76. The highest BCUT2D eigenvalue weighted by Crippen LogP contribution is 2.21. The number of nitrogens with one attached hydrogen (secondary N) is 1. The Labute approximate surface area is 109 Å². The molecule has 96 valence electrons. The number of hydrogen-bond donors (Lipinski definition) is 1. The molecule has 0 amide bonds. The van der Waals surface area contributed by atoms with Crippen LogP contribution in [0.15, 0.2) is 12.1 Å². The van der Waals surface area contributed by atoms with Gasteiger partial charge in [-0.15, -0.1) is 11.3 Å². The molecule has 0 radical (unpaired) electrons. The molecule has 0 atom stereocenters. The van der Waals surface area contributed by atoms with Crippen LogP contribution < -0.4 is 5.32 Å². The van der Waals surface area contributed by atoms with Gasteiger partial charge in [0.1, 0.15) is 0 Å². The number of likely N-dealkylation sites (tertiary alicyclic amines) is 1. The van der Waals surface area contributed by atoms with E-state index < -0.39 is 0 Å². The fraction of sp³-hybridized carbons (Fsp3) is 0.714. The van der Waals surface area contributed by atoms with Crippen molar-refractivity contribution in [2.45, 2.75) is 33.2 Å². The lowest BCUT2D eigenvalue weighted by molar-refractivity contribution is 0.177. The largest absolute Gasteiger partial charge is 0.317 e. The average Bonchev–Trinajstić information content (AvgIpc) is 2.74. The van der Waals surface area contributed by atoms with Gasteiger partial charge in [-0.25, -0.2) is 0 Å². The molecule has 1 aliphatic rings. The summed E-state index contributed by atoms with van der Waals surface area (Å²) in [5, 5.41) is 3.47. The average molecular weight is 252 g/mol. The van der Waals surface area contributed by atoms with Crippen LogP contribution in [0.25, 0.3) is 0 Å². The summed E-state index contributed by atoms with van der Waals surface area (Å²) < 4.78 is 0. The third kappa shape index (κ3) is 4.09. The zero-order valence-electron chi connectivity index (χ0n) is 11.0. The maximum Gasteiger partial charge on any atom is 0.0328 e. The Hall–Kier alpha value is -0.380. The Morgan fingerprint density at radius 1 is 1.35 bits per heavy atom. The van der Waals surface area contributed by atoms with E-state index in [1.165, 1.54) is 42.2 Å². The van der Waals surface area contributed by atoms with Crippen LogP contribution in [0.3, 0.4) is 0 Å². The number of rotatable bonds is 5. The minimum Gasteiger partial charge on any atom is -0.317 e. The van der Waals surface area contributed by atoms with Crippen LogP contribution in [-0.4, -0.2) is 31.1 Å². The molecular formula is C14H24N2S. The van der Waals surface area contributed by atoms with E-state index in [4.69, 9.17) is 0 Å². The van der Waals surface area contributed by atoms with E-state index >= 15 is 0 Å². The van der Waals surface area contributed by atoms with E-state index in [9.17, 15) is 0 Å². The first-order chi connectivity index (χ1) is 8.28. The van der Waals surface area contributed by atoms with Gasteiger partial charge in [0.2, 0.25) is 0 Å². The summed E-state index contributed by atoms with van der Waals surface area (Å²) in [5.74, 6) is 0.899. The molecule has 1 N–H and O–H groups in total. The highest BCUT2D eigenvalue weighted by Gasteiger charge is 2.18. The lowest BCUT2D eigenvalue weighted by Crippen LogP contribution is -2.36. The molecule has 0 bridgehead atoms. The monoisotopic (exact) mass is 252 g/mol. The quantitative estimate of drug-likeness (QED) is 0.867. The molecule has 1 fully saturated rings. The fourth-order valence-corrected chi connectivity index (χ4v) is 3.42. The third-order valence-electron chi connectivity index (χ3n) is 3.57. The topological polar surface area (TPSA) is 15.3 Å². The molecule has 0 aromatic carbocycles. The Morgan fingerprint density at radius 2 is 2.12 bits per heavy atom. The zero-order chi connectivity index (χ0) is 12.1. The number of aryl methyl sites for hydroxylation is 1. The van der Waals surface area contributed by atoms with Crippen molar-refractivity contribution in [3.63, 3.8) is 0 Å². The molecule has 17 heavy (non-hydrogen) atoms. The third-order valence-corrected chi connectivity index (χ3v) is 4.55. The number of nitrogens with zero attached hydrogens (tertiary/aromatic N) is 1. The lowest BCUT2D eigenvalue weighted by Gasteiger charge is -2.31. The smallest absolute Gasteiger partial charge is 0.0328 e. The summed E-state index contributed by atoms with van der Waals surface area (Å²) >= 11 is 1.94. The first kappa shape index (κ1) is 13.1. The highest BCUT2D eigenvalue weighted by molar-refractivity contribution is 7.11. The van der Waals surface area contributed by atoms with Gasteiger partial charge in [0.05, 0.1) is 0 Å². The summed E-state index contributed by atoms with van der Waals surface area (Å²) in [6.45, 7) is 10.4. The predicted molar refractivity (Wildman–Crippen MR) is 75.6 cm³/mol. The van der Waals surface area contributed by atoms with Gasteiger partial charge < -0.3 is 5.32 Å². The Bertz CT molecular complexity index is 327. The molecule has 2 nitrogen and oxygen atoms in total. The van der Waals surface area contributed by atoms with Gasteiger partial charge in [-0.2, -0.15) is 0 Å². The van der Waals surface area contributed by atoms with Gasteiger partial charge in [-0.3, -0.25) is 4.90 Å². The van der Waals surface area contributed by atoms with Crippen molar-refractivity contribution in [1.29, 1.82) is 0 Å². The fourth-order valence-electron chi connectivity index (χ4n) is 2.49. The van der Waals surface area contributed by atoms with Crippen molar-refractivity contribution in [3.05, 3.63) is 21.9 Å². The summed E-state index contributed by atoms with van der Waals surface area (Å²) in [6.07, 6.45) is 2.72. The zero-order valence-corrected chi connectivity index (χ0v) is 11.9. The minimum atomic E-state index is 0.899. The van der Waals surface area contributed by atoms with Crippen molar-refractivity contribution in [2.75, 3.05) is 26.2 Å². The Morgan fingerprint density at radius 3 is 2.71 bits per heavy atom. The summed E-state index contributed by atoms with van der Waals surface area (Å²) in [5.41, 5.74) is 0. The van der Waals surface area contributed by atoms with Crippen LogP contribution >= 0.6 is 11.3 Å². The molecule has 1 aromatic rings. The lowest BCUT2D eigenvalue weighted by atomic mass is 9.97. The second kappa shape index (κ2) is 6.53. The molecule has 0 spiro atoms. The van der Waals surface area contributed by atoms with Gasteiger partial charge in [0, 0.05) is 16.3 Å². The Balaban J connectivity index is 1.72. The summed E-state index contributed by atoms with van der Waals surface area (Å²) in [6, 6.07) is 4.52. The highest BCUT2D eigenvalue weighted by atomic mass is 32.1.